The van der Waals surface area contributed by atoms with Gasteiger partial charge in [0.2, 0.25) is 0 Å². The molecule has 16 heavy (non-hydrogen) atoms. The molecule has 1 aliphatic heterocycles. The van der Waals surface area contributed by atoms with E-state index < -0.39 is 0 Å². The van der Waals surface area contributed by atoms with Gasteiger partial charge in [-0.05, 0) is 32.4 Å². The number of rotatable bonds is 5. The van der Waals surface area contributed by atoms with Crippen LogP contribution < -0.4 is 5.32 Å². The summed E-state index contributed by atoms with van der Waals surface area (Å²) in [5, 5.41) is 4.54. The molecule has 0 radical (unpaired) electrons. The molecule has 94 valence electrons. The zero-order valence-corrected chi connectivity index (χ0v) is 11.4. The fraction of sp³-hybridized carbons (Fsp3) is 1.00. The third-order valence-corrected chi connectivity index (χ3v) is 4.90. The molecule has 1 heterocycles. The SMILES string of the molecule is CC1CN(CCCNC2CCCC2)CCS1. The smallest absolute Gasteiger partial charge is 0.0147 e. The first-order valence-electron chi connectivity index (χ1n) is 6.92. The first-order chi connectivity index (χ1) is 7.84. The van der Waals surface area contributed by atoms with Crippen LogP contribution in [0.5, 0.6) is 0 Å². The molecule has 0 amide bonds. The van der Waals surface area contributed by atoms with Crippen molar-refractivity contribution in [1.29, 1.82) is 0 Å². The second kappa shape index (κ2) is 6.87. The first kappa shape index (κ1) is 12.7. The normalized spacial score (nSPS) is 28.7. The maximum atomic E-state index is 3.70. The highest BCUT2D eigenvalue weighted by Gasteiger charge is 2.16. The number of nitrogens with one attached hydrogen (secondary N) is 1. The molecule has 3 heteroatoms. The van der Waals surface area contributed by atoms with Gasteiger partial charge < -0.3 is 10.2 Å². The number of nitrogens with zero attached hydrogens (tertiary/aromatic N) is 1. The summed E-state index contributed by atoms with van der Waals surface area (Å²) < 4.78 is 0. The maximum Gasteiger partial charge on any atom is 0.0147 e. The second-order valence-corrected chi connectivity index (χ2v) is 6.82. The molecule has 2 fully saturated rings. The van der Waals surface area contributed by atoms with Crippen molar-refractivity contribution in [3.8, 4) is 0 Å². The van der Waals surface area contributed by atoms with E-state index in [0.29, 0.717) is 0 Å². The molecule has 1 saturated carbocycles. The van der Waals surface area contributed by atoms with E-state index in [9.17, 15) is 0 Å². The van der Waals surface area contributed by atoms with Gasteiger partial charge in [-0.15, -0.1) is 0 Å². The monoisotopic (exact) mass is 242 g/mol. The van der Waals surface area contributed by atoms with Gasteiger partial charge in [-0.1, -0.05) is 19.8 Å². The lowest BCUT2D eigenvalue weighted by molar-refractivity contribution is 0.279. The Balaban J connectivity index is 1.50. The van der Waals surface area contributed by atoms with Gasteiger partial charge in [-0.3, -0.25) is 0 Å². The first-order valence-corrected chi connectivity index (χ1v) is 7.97. The van der Waals surface area contributed by atoms with Gasteiger partial charge in [0.05, 0.1) is 0 Å². The molecular weight excluding hydrogens is 216 g/mol. The predicted molar refractivity (Wildman–Crippen MR) is 73.2 cm³/mol. The van der Waals surface area contributed by atoms with E-state index in [-0.39, 0.29) is 0 Å². The van der Waals surface area contributed by atoms with Crippen molar-refractivity contribution < 1.29 is 0 Å². The Morgan fingerprint density at radius 3 is 2.88 bits per heavy atom. The molecule has 0 spiro atoms. The zero-order chi connectivity index (χ0) is 11.2. The average molecular weight is 242 g/mol. The van der Waals surface area contributed by atoms with Gasteiger partial charge >= 0.3 is 0 Å². The fourth-order valence-electron chi connectivity index (χ4n) is 2.83. The Bertz CT molecular complexity index is 192. The molecule has 0 aromatic heterocycles. The molecule has 2 aliphatic rings. The van der Waals surface area contributed by atoms with Crippen molar-refractivity contribution in [1.82, 2.24) is 10.2 Å². The third-order valence-electron chi connectivity index (χ3n) is 3.76. The molecule has 2 nitrogen and oxygen atoms in total. The Kier molecular flexibility index (Phi) is 5.46. The van der Waals surface area contributed by atoms with Gasteiger partial charge in [0.1, 0.15) is 0 Å². The molecule has 0 bridgehead atoms. The quantitative estimate of drug-likeness (QED) is 0.745. The molecule has 2 rings (SSSR count). The van der Waals surface area contributed by atoms with E-state index in [1.54, 1.807) is 0 Å². The van der Waals surface area contributed by atoms with Gasteiger partial charge in [-0.2, -0.15) is 11.8 Å². The van der Waals surface area contributed by atoms with Crippen LogP contribution in [0.25, 0.3) is 0 Å². The molecule has 1 atom stereocenters. The lowest BCUT2D eigenvalue weighted by Crippen LogP contribution is -2.38. The Hall–Kier alpha value is 0.270. The molecule has 1 aliphatic carbocycles. The number of thioether (sulfide) groups is 1. The van der Waals surface area contributed by atoms with E-state index in [2.05, 4.69) is 28.9 Å². The van der Waals surface area contributed by atoms with Crippen LogP contribution in [0.1, 0.15) is 39.0 Å². The summed E-state index contributed by atoms with van der Waals surface area (Å²) in [4.78, 5) is 2.64. The lowest BCUT2D eigenvalue weighted by atomic mass is 10.2. The maximum absolute atomic E-state index is 3.70. The van der Waals surface area contributed by atoms with Crippen molar-refractivity contribution in [2.45, 2.75) is 50.3 Å². The molecule has 1 N–H and O–H groups in total. The zero-order valence-electron chi connectivity index (χ0n) is 10.6. The van der Waals surface area contributed by atoms with Gasteiger partial charge in [0.15, 0.2) is 0 Å². The summed E-state index contributed by atoms with van der Waals surface area (Å²) in [5.41, 5.74) is 0. The standard InChI is InChI=1S/C13H26N2S/c1-12-11-15(9-10-16-12)8-4-7-14-13-5-2-3-6-13/h12-14H,2-11H2,1H3. The van der Waals surface area contributed by atoms with Crippen LogP contribution in [0.2, 0.25) is 0 Å². The van der Waals surface area contributed by atoms with E-state index >= 15 is 0 Å². The van der Waals surface area contributed by atoms with Crippen molar-refractivity contribution in [3.05, 3.63) is 0 Å². The van der Waals surface area contributed by atoms with Crippen LogP contribution in [-0.4, -0.2) is 48.1 Å². The van der Waals surface area contributed by atoms with Crippen molar-refractivity contribution in [2.75, 3.05) is 31.9 Å². The topological polar surface area (TPSA) is 15.3 Å². The summed E-state index contributed by atoms with van der Waals surface area (Å²) in [6.07, 6.45) is 7.04. The highest BCUT2D eigenvalue weighted by Crippen LogP contribution is 2.18. The van der Waals surface area contributed by atoms with Crippen LogP contribution in [0.15, 0.2) is 0 Å². The molecular formula is C13H26N2S. The summed E-state index contributed by atoms with van der Waals surface area (Å²) in [6.45, 7) is 7.48. The van der Waals surface area contributed by atoms with Crippen LogP contribution in [-0.2, 0) is 0 Å². The van der Waals surface area contributed by atoms with E-state index in [1.807, 2.05) is 0 Å². The largest absolute Gasteiger partial charge is 0.314 e. The fourth-order valence-corrected chi connectivity index (χ4v) is 3.91. The van der Waals surface area contributed by atoms with E-state index in [0.717, 1.165) is 11.3 Å². The van der Waals surface area contributed by atoms with Crippen molar-refractivity contribution in [2.24, 2.45) is 0 Å². The number of hydrogen-bond donors (Lipinski definition) is 1. The van der Waals surface area contributed by atoms with E-state index in [4.69, 9.17) is 0 Å². The van der Waals surface area contributed by atoms with Gasteiger partial charge in [0.25, 0.3) is 0 Å². The Morgan fingerprint density at radius 1 is 1.31 bits per heavy atom. The summed E-state index contributed by atoms with van der Waals surface area (Å²) in [7, 11) is 0. The van der Waals surface area contributed by atoms with Crippen LogP contribution in [0.3, 0.4) is 0 Å². The van der Waals surface area contributed by atoms with E-state index in [1.165, 1.54) is 64.0 Å². The molecule has 1 unspecified atom stereocenters. The molecule has 0 aromatic rings. The second-order valence-electron chi connectivity index (χ2n) is 5.27. The van der Waals surface area contributed by atoms with Gasteiger partial charge in [-0.25, -0.2) is 0 Å². The summed E-state index contributed by atoms with van der Waals surface area (Å²) in [6, 6.07) is 0.843. The van der Waals surface area contributed by atoms with Crippen LogP contribution in [0.4, 0.5) is 0 Å². The van der Waals surface area contributed by atoms with Gasteiger partial charge in [0, 0.05) is 30.1 Å². The van der Waals surface area contributed by atoms with Crippen LogP contribution in [0, 0.1) is 0 Å². The highest BCUT2D eigenvalue weighted by atomic mass is 32.2. The predicted octanol–water partition coefficient (Wildman–Crippen LogP) is 2.35. The average Bonchev–Trinajstić information content (AvgIpc) is 2.77. The molecule has 0 aromatic carbocycles. The highest BCUT2D eigenvalue weighted by molar-refractivity contribution is 7.99. The van der Waals surface area contributed by atoms with Crippen molar-refractivity contribution >= 4 is 11.8 Å². The lowest BCUT2D eigenvalue weighted by Gasteiger charge is -2.30. The minimum atomic E-state index is 0.843. The van der Waals surface area contributed by atoms with Crippen LogP contribution >= 0.6 is 11.8 Å². The van der Waals surface area contributed by atoms with Crippen molar-refractivity contribution in [3.63, 3.8) is 0 Å². The minimum Gasteiger partial charge on any atom is -0.314 e. The minimum absolute atomic E-state index is 0.843. The third kappa shape index (κ3) is 4.27. The molecule has 1 saturated heterocycles. The Morgan fingerprint density at radius 2 is 2.12 bits per heavy atom. The summed E-state index contributed by atoms with van der Waals surface area (Å²) in [5.74, 6) is 1.33. The summed E-state index contributed by atoms with van der Waals surface area (Å²) >= 11 is 2.12. The number of hydrogen-bond acceptors (Lipinski definition) is 3. The Labute approximate surface area is 105 Å².